The first kappa shape index (κ1) is 19.5. The first-order valence-corrected chi connectivity index (χ1v) is 8.76. The number of ether oxygens (including phenoxy) is 2. The fourth-order valence-electron chi connectivity index (χ4n) is 2.99. The number of amides is 1. The first-order valence-electron chi connectivity index (χ1n) is 8.76. The number of hydrogen-bond donors (Lipinski definition) is 1. The largest absolute Gasteiger partial charge is 0.497 e. The Kier molecular flexibility index (Phi) is 7.22. The van der Waals surface area contributed by atoms with Crippen LogP contribution in [0.1, 0.15) is 38.2 Å². The molecular formula is C20H24N2O4. The lowest BCUT2D eigenvalue weighted by atomic mass is 9.86. The molecule has 1 amide bonds. The van der Waals surface area contributed by atoms with Crippen molar-refractivity contribution in [2.24, 2.45) is 5.92 Å². The van der Waals surface area contributed by atoms with Crippen LogP contribution in [0.15, 0.2) is 29.8 Å². The molecular weight excluding hydrogens is 332 g/mol. The van der Waals surface area contributed by atoms with E-state index >= 15 is 0 Å². The van der Waals surface area contributed by atoms with Crippen molar-refractivity contribution < 1.29 is 19.1 Å². The summed E-state index contributed by atoms with van der Waals surface area (Å²) in [7, 11) is 1.56. The van der Waals surface area contributed by atoms with E-state index in [0.29, 0.717) is 17.2 Å². The van der Waals surface area contributed by atoms with E-state index in [1.807, 2.05) is 6.07 Å². The molecule has 1 saturated carbocycles. The zero-order valence-corrected chi connectivity index (χ0v) is 15.2. The molecule has 2 atom stereocenters. The molecule has 0 radical (unpaired) electrons. The number of nitriles is 1. The number of esters is 1. The molecule has 2 rings (SSSR count). The Balaban J connectivity index is 1.88. The van der Waals surface area contributed by atoms with Crippen molar-refractivity contribution in [3.8, 4) is 11.8 Å². The van der Waals surface area contributed by atoms with Crippen LogP contribution in [0.4, 0.5) is 0 Å². The Hall–Kier alpha value is -2.81. The van der Waals surface area contributed by atoms with E-state index in [1.54, 1.807) is 31.4 Å². The van der Waals surface area contributed by atoms with Crippen molar-refractivity contribution in [3.05, 3.63) is 35.4 Å². The second kappa shape index (κ2) is 9.62. The van der Waals surface area contributed by atoms with Crippen LogP contribution in [-0.4, -0.2) is 31.6 Å². The molecule has 0 spiro atoms. The van der Waals surface area contributed by atoms with E-state index in [9.17, 15) is 14.9 Å². The maximum Gasteiger partial charge on any atom is 0.349 e. The Morgan fingerprint density at radius 2 is 1.96 bits per heavy atom. The molecule has 1 aliphatic carbocycles. The number of nitrogens with one attached hydrogen (secondary N) is 1. The maximum atomic E-state index is 12.0. The van der Waals surface area contributed by atoms with Crippen molar-refractivity contribution in [2.75, 3.05) is 13.7 Å². The van der Waals surface area contributed by atoms with Gasteiger partial charge in [0.05, 0.1) is 7.11 Å². The van der Waals surface area contributed by atoms with Crippen LogP contribution in [0.5, 0.6) is 5.75 Å². The minimum absolute atomic E-state index is 0.125. The maximum absolute atomic E-state index is 12.0. The van der Waals surface area contributed by atoms with Gasteiger partial charge < -0.3 is 14.8 Å². The summed E-state index contributed by atoms with van der Waals surface area (Å²) in [6, 6.07) is 8.84. The van der Waals surface area contributed by atoms with Crippen molar-refractivity contribution in [2.45, 2.75) is 38.6 Å². The van der Waals surface area contributed by atoms with Gasteiger partial charge in [-0.3, -0.25) is 4.79 Å². The van der Waals surface area contributed by atoms with Gasteiger partial charge >= 0.3 is 5.97 Å². The van der Waals surface area contributed by atoms with Gasteiger partial charge in [0.2, 0.25) is 0 Å². The molecule has 6 heteroatoms. The summed E-state index contributed by atoms with van der Waals surface area (Å²) >= 11 is 0. The molecule has 1 aromatic rings. The molecule has 6 nitrogen and oxygen atoms in total. The van der Waals surface area contributed by atoms with E-state index in [2.05, 4.69) is 12.2 Å². The molecule has 26 heavy (non-hydrogen) atoms. The lowest BCUT2D eigenvalue weighted by Crippen LogP contribution is -2.42. The molecule has 1 fully saturated rings. The molecule has 0 saturated heterocycles. The standard InChI is InChI=1S/C20H24N2O4/c1-14-5-3-4-6-18(14)22-19(23)13-26-20(24)16(12-21)11-15-7-9-17(25-2)10-8-15/h7-11,14,18H,3-6,13H2,1-2H3,(H,22,23)/b16-11+/t14-,18+/m0/s1. The van der Waals surface area contributed by atoms with Crippen LogP contribution in [0, 0.1) is 17.2 Å². The minimum Gasteiger partial charge on any atom is -0.497 e. The van der Waals surface area contributed by atoms with Crippen LogP contribution in [-0.2, 0) is 14.3 Å². The second-order valence-corrected chi connectivity index (χ2v) is 6.45. The van der Waals surface area contributed by atoms with Crippen LogP contribution >= 0.6 is 0 Å². The number of nitrogens with zero attached hydrogens (tertiary/aromatic N) is 1. The molecule has 0 bridgehead atoms. The third kappa shape index (κ3) is 5.62. The topological polar surface area (TPSA) is 88.4 Å². The van der Waals surface area contributed by atoms with Crippen LogP contribution in [0.3, 0.4) is 0 Å². The highest BCUT2D eigenvalue weighted by Crippen LogP contribution is 2.23. The summed E-state index contributed by atoms with van der Waals surface area (Å²) in [5.74, 6) is -0.0427. The van der Waals surface area contributed by atoms with E-state index < -0.39 is 5.97 Å². The Labute approximate surface area is 153 Å². The molecule has 0 heterocycles. The average molecular weight is 356 g/mol. The molecule has 0 aromatic heterocycles. The SMILES string of the molecule is COc1ccc(/C=C(\C#N)C(=O)OCC(=O)N[C@@H]2CCCC[C@@H]2C)cc1. The van der Waals surface area contributed by atoms with Crippen molar-refractivity contribution >= 4 is 18.0 Å². The van der Waals surface area contributed by atoms with Gasteiger partial charge in [0, 0.05) is 6.04 Å². The van der Waals surface area contributed by atoms with Gasteiger partial charge in [-0.05, 0) is 42.5 Å². The van der Waals surface area contributed by atoms with E-state index in [4.69, 9.17) is 9.47 Å². The van der Waals surface area contributed by atoms with Gasteiger partial charge in [0.25, 0.3) is 5.91 Å². The predicted molar refractivity (Wildman–Crippen MR) is 97.1 cm³/mol. The summed E-state index contributed by atoms with van der Waals surface area (Å²) in [5.41, 5.74) is 0.508. The summed E-state index contributed by atoms with van der Waals surface area (Å²) < 4.78 is 10.0. The number of benzene rings is 1. The lowest BCUT2D eigenvalue weighted by molar-refractivity contribution is -0.144. The summed E-state index contributed by atoms with van der Waals surface area (Å²) in [6.07, 6.45) is 5.74. The van der Waals surface area contributed by atoms with E-state index in [-0.39, 0.29) is 24.1 Å². The number of hydrogen-bond acceptors (Lipinski definition) is 5. The normalized spacial score (nSPS) is 20.0. The lowest BCUT2D eigenvalue weighted by Gasteiger charge is -2.29. The highest BCUT2D eigenvalue weighted by molar-refractivity contribution is 5.98. The molecule has 138 valence electrons. The van der Waals surface area contributed by atoms with Crippen LogP contribution < -0.4 is 10.1 Å². The van der Waals surface area contributed by atoms with E-state index in [0.717, 1.165) is 19.3 Å². The van der Waals surface area contributed by atoms with Crippen LogP contribution in [0.25, 0.3) is 6.08 Å². The molecule has 1 N–H and O–H groups in total. The highest BCUT2D eigenvalue weighted by Gasteiger charge is 2.23. The third-order valence-electron chi connectivity index (χ3n) is 4.56. The quantitative estimate of drug-likeness (QED) is 0.481. The van der Waals surface area contributed by atoms with E-state index in [1.165, 1.54) is 12.5 Å². The monoisotopic (exact) mass is 356 g/mol. The van der Waals surface area contributed by atoms with Crippen molar-refractivity contribution in [1.82, 2.24) is 5.32 Å². The highest BCUT2D eigenvalue weighted by atomic mass is 16.5. The van der Waals surface area contributed by atoms with Gasteiger partial charge in [-0.1, -0.05) is 31.9 Å². The summed E-state index contributed by atoms with van der Waals surface area (Å²) in [6.45, 7) is 1.73. The zero-order chi connectivity index (χ0) is 18.9. The second-order valence-electron chi connectivity index (χ2n) is 6.45. The number of rotatable bonds is 6. The molecule has 1 aliphatic rings. The molecule has 0 unspecified atom stereocenters. The van der Waals surface area contributed by atoms with Crippen LogP contribution in [0.2, 0.25) is 0 Å². The first-order chi connectivity index (χ1) is 12.5. The number of methoxy groups -OCH3 is 1. The third-order valence-corrected chi connectivity index (χ3v) is 4.56. The van der Waals surface area contributed by atoms with Gasteiger partial charge in [0.15, 0.2) is 6.61 Å². The van der Waals surface area contributed by atoms with Gasteiger partial charge in [-0.2, -0.15) is 5.26 Å². The smallest absolute Gasteiger partial charge is 0.349 e. The minimum atomic E-state index is -0.810. The molecule has 0 aliphatic heterocycles. The number of carbonyl (C=O) groups is 2. The molecule has 1 aromatic carbocycles. The Bertz CT molecular complexity index is 704. The summed E-state index contributed by atoms with van der Waals surface area (Å²) in [4.78, 5) is 24.0. The van der Waals surface area contributed by atoms with Gasteiger partial charge in [0.1, 0.15) is 17.4 Å². The van der Waals surface area contributed by atoms with Gasteiger partial charge in [-0.25, -0.2) is 4.79 Å². The van der Waals surface area contributed by atoms with Crippen molar-refractivity contribution in [1.29, 1.82) is 5.26 Å². The summed E-state index contributed by atoms with van der Waals surface area (Å²) in [5, 5.41) is 12.1. The zero-order valence-electron chi connectivity index (χ0n) is 15.2. The predicted octanol–water partition coefficient (Wildman–Crippen LogP) is 2.84. The Morgan fingerprint density at radius 1 is 1.27 bits per heavy atom. The Morgan fingerprint density at radius 3 is 2.58 bits per heavy atom. The fraction of sp³-hybridized carbons (Fsp3) is 0.450. The number of carbonyl (C=O) groups excluding carboxylic acids is 2. The van der Waals surface area contributed by atoms with Crippen molar-refractivity contribution in [3.63, 3.8) is 0 Å². The van der Waals surface area contributed by atoms with Gasteiger partial charge in [-0.15, -0.1) is 0 Å². The average Bonchev–Trinajstić information content (AvgIpc) is 2.66. The fourth-order valence-corrected chi connectivity index (χ4v) is 2.99.